The Morgan fingerprint density at radius 2 is 1.78 bits per heavy atom. The number of hydrogen-bond donors (Lipinski definition) is 0. The maximum atomic E-state index is 12.6. The standard InChI is InChI=1S/C21H18N4O2/c22-14-15-6-8-18(9-7-15)21(26)25-12-10-17(11-13-25)20-23-19(24-27-20)16-4-2-1-3-5-16/h1-9,17H,10-13H2. The topological polar surface area (TPSA) is 83.0 Å². The lowest BCUT2D eigenvalue weighted by Crippen LogP contribution is -2.38. The van der Waals surface area contributed by atoms with E-state index in [-0.39, 0.29) is 11.8 Å². The Morgan fingerprint density at radius 1 is 1.07 bits per heavy atom. The lowest BCUT2D eigenvalue weighted by Gasteiger charge is -2.30. The van der Waals surface area contributed by atoms with E-state index in [0.717, 1.165) is 18.4 Å². The normalized spacial score (nSPS) is 14.7. The molecule has 0 saturated carbocycles. The van der Waals surface area contributed by atoms with Gasteiger partial charge in [0.1, 0.15) is 0 Å². The average Bonchev–Trinajstić information content (AvgIpc) is 3.24. The Labute approximate surface area is 157 Å². The van der Waals surface area contributed by atoms with Crippen LogP contribution >= 0.6 is 0 Å². The predicted octanol–water partition coefficient (Wildman–Crippen LogP) is 3.63. The fourth-order valence-electron chi connectivity index (χ4n) is 3.30. The van der Waals surface area contributed by atoms with Gasteiger partial charge >= 0.3 is 0 Å². The van der Waals surface area contributed by atoms with Crippen LogP contribution in [0.25, 0.3) is 11.4 Å². The molecule has 2 aromatic carbocycles. The van der Waals surface area contributed by atoms with Gasteiger partial charge in [0.05, 0.1) is 11.6 Å². The van der Waals surface area contributed by atoms with E-state index in [1.165, 1.54) is 0 Å². The summed E-state index contributed by atoms with van der Waals surface area (Å²) in [5.41, 5.74) is 2.09. The van der Waals surface area contributed by atoms with Crippen molar-refractivity contribution in [1.82, 2.24) is 15.0 Å². The van der Waals surface area contributed by atoms with Crippen LogP contribution in [-0.2, 0) is 0 Å². The van der Waals surface area contributed by atoms with Crippen molar-refractivity contribution in [2.24, 2.45) is 0 Å². The zero-order valence-corrected chi connectivity index (χ0v) is 14.7. The molecule has 0 aliphatic carbocycles. The second kappa shape index (κ2) is 7.42. The molecule has 6 nitrogen and oxygen atoms in total. The first kappa shape index (κ1) is 17.0. The van der Waals surface area contributed by atoms with Crippen molar-refractivity contribution in [2.45, 2.75) is 18.8 Å². The quantitative estimate of drug-likeness (QED) is 0.714. The van der Waals surface area contributed by atoms with Crippen molar-refractivity contribution in [3.05, 3.63) is 71.6 Å². The number of hydrogen-bond acceptors (Lipinski definition) is 5. The number of aromatic nitrogens is 2. The van der Waals surface area contributed by atoms with Gasteiger partial charge in [-0.15, -0.1) is 0 Å². The highest BCUT2D eigenvalue weighted by Crippen LogP contribution is 2.29. The third-order valence-electron chi connectivity index (χ3n) is 4.87. The summed E-state index contributed by atoms with van der Waals surface area (Å²) >= 11 is 0. The molecule has 27 heavy (non-hydrogen) atoms. The fraction of sp³-hybridized carbons (Fsp3) is 0.238. The minimum absolute atomic E-state index is 0.00607. The number of benzene rings is 2. The van der Waals surface area contributed by atoms with Gasteiger partial charge in [-0.25, -0.2) is 0 Å². The summed E-state index contributed by atoms with van der Waals surface area (Å²) in [5, 5.41) is 12.9. The molecule has 1 fully saturated rings. The molecular weight excluding hydrogens is 340 g/mol. The molecule has 6 heteroatoms. The van der Waals surface area contributed by atoms with Crippen LogP contribution in [0.5, 0.6) is 0 Å². The van der Waals surface area contributed by atoms with E-state index in [0.29, 0.717) is 35.9 Å². The van der Waals surface area contributed by atoms with E-state index in [1.54, 1.807) is 24.3 Å². The van der Waals surface area contributed by atoms with E-state index >= 15 is 0 Å². The zero-order valence-electron chi connectivity index (χ0n) is 14.7. The lowest BCUT2D eigenvalue weighted by molar-refractivity contribution is 0.0704. The molecule has 0 spiro atoms. The van der Waals surface area contributed by atoms with Crippen LogP contribution in [0.1, 0.15) is 40.6 Å². The second-order valence-electron chi connectivity index (χ2n) is 6.58. The van der Waals surface area contributed by atoms with Crippen molar-refractivity contribution in [3.63, 3.8) is 0 Å². The summed E-state index contributed by atoms with van der Waals surface area (Å²) in [6.45, 7) is 1.29. The number of piperidine rings is 1. The molecule has 1 amide bonds. The molecule has 3 aromatic rings. The predicted molar refractivity (Wildman–Crippen MR) is 98.8 cm³/mol. The molecule has 1 saturated heterocycles. The van der Waals surface area contributed by atoms with E-state index in [1.807, 2.05) is 35.2 Å². The van der Waals surface area contributed by atoms with Crippen LogP contribution in [0.2, 0.25) is 0 Å². The molecule has 0 unspecified atom stereocenters. The Bertz CT molecular complexity index is 965. The number of rotatable bonds is 3. The largest absolute Gasteiger partial charge is 0.339 e. The summed E-state index contributed by atoms with van der Waals surface area (Å²) in [4.78, 5) is 19.0. The van der Waals surface area contributed by atoms with Gasteiger partial charge in [0.2, 0.25) is 11.7 Å². The molecule has 134 valence electrons. The van der Waals surface area contributed by atoms with E-state index in [4.69, 9.17) is 9.78 Å². The zero-order chi connectivity index (χ0) is 18.6. The molecule has 4 rings (SSSR count). The second-order valence-corrected chi connectivity index (χ2v) is 6.58. The van der Waals surface area contributed by atoms with E-state index in [2.05, 4.69) is 16.2 Å². The van der Waals surface area contributed by atoms with Crippen LogP contribution in [0.4, 0.5) is 0 Å². The number of nitrogens with zero attached hydrogens (tertiary/aromatic N) is 4. The van der Waals surface area contributed by atoms with Crippen LogP contribution in [0, 0.1) is 11.3 Å². The van der Waals surface area contributed by atoms with E-state index < -0.39 is 0 Å². The average molecular weight is 358 g/mol. The Morgan fingerprint density at radius 3 is 2.44 bits per heavy atom. The smallest absolute Gasteiger partial charge is 0.253 e. The Kier molecular flexibility index (Phi) is 4.67. The van der Waals surface area contributed by atoms with Crippen LogP contribution < -0.4 is 0 Å². The molecule has 0 radical (unpaired) electrons. The third kappa shape index (κ3) is 3.58. The summed E-state index contributed by atoms with van der Waals surface area (Å²) in [5.74, 6) is 1.40. The maximum Gasteiger partial charge on any atom is 0.253 e. The van der Waals surface area contributed by atoms with E-state index in [9.17, 15) is 4.79 Å². The first-order chi connectivity index (χ1) is 13.2. The maximum absolute atomic E-state index is 12.6. The summed E-state index contributed by atoms with van der Waals surface area (Å²) in [6.07, 6.45) is 1.58. The molecule has 0 N–H and O–H groups in total. The van der Waals surface area contributed by atoms with Gasteiger partial charge in [0.25, 0.3) is 5.91 Å². The van der Waals surface area contributed by atoms with Gasteiger partial charge in [0, 0.05) is 30.1 Å². The highest BCUT2D eigenvalue weighted by molar-refractivity contribution is 5.94. The molecular formula is C21H18N4O2. The number of amides is 1. The number of carbonyl (C=O) groups excluding carboxylic acids is 1. The first-order valence-corrected chi connectivity index (χ1v) is 8.93. The van der Waals surface area contributed by atoms with Crippen molar-refractivity contribution >= 4 is 5.91 Å². The highest BCUT2D eigenvalue weighted by atomic mass is 16.5. The highest BCUT2D eigenvalue weighted by Gasteiger charge is 2.28. The van der Waals surface area contributed by atoms with Gasteiger partial charge in [-0.2, -0.15) is 10.2 Å². The van der Waals surface area contributed by atoms with Crippen LogP contribution in [0.3, 0.4) is 0 Å². The summed E-state index contributed by atoms with van der Waals surface area (Å²) in [7, 11) is 0. The summed E-state index contributed by atoms with van der Waals surface area (Å²) < 4.78 is 5.47. The first-order valence-electron chi connectivity index (χ1n) is 8.93. The van der Waals surface area contributed by atoms with Gasteiger partial charge < -0.3 is 9.42 Å². The summed E-state index contributed by atoms with van der Waals surface area (Å²) in [6, 6.07) is 18.6. The fourth-order valence-corrected chi connectivity index (χ4v) is 3.30. The van der Waals surface area contributed by atoms with Gasteiger partial charge in [0.15, 0.2) is 0 Å². The monoisotopic (exact) mass is 358 g/mol. The Hall–Kier alpha value is -3.46. The van der Waals surface area contributed by atoms with Crippen LogP contribution in [0.15, 0.2) is 59.1 Å². The molecule has 0 bridgehead atoms. The van der Waals surface area contributed by atoms with Crippen molar-refractivity contribution < 1.29 is 9.32 Å². The Balaban J connectivity index is 1.39. The molecule has 1 aromatic heterocycles. The lowest BCUT2D eigenvalue weighted by atomic mass is 9.96. The number of carbonyl (C=O) groups is 1. The minimum Gasteiger partial charge on any atom is -0.339 e. The molecule has 2 heterocycles. The molecule has 0 atom stereocenters. The van der Waals surface area contributed by atoms with Gasteiger partial charge in [-0.1, -0.05) is 35.5 Å². The molecule has 1 aliphatic heterocycles. The molecule has 1 aliphatic rings. The van der Waals surface area contributed by atoms with Gasteiger partial charge in [-0.05, 0) is 37.1 Å². The number of nitriles is 1. The van der Waals surface area contributed by atoms with Gasteiger partial charge in [-0.3, -0.25) is 4.79 Å². The van der Waals surface area contributed by atoms with Crippen molar-refractivity contribution in [2.75, 3.05) is 13.1 Å². The van der Waals surface area contributed by atoms with Crippen LogP contribution in [-0.4, -0.2) is 34.0 Å². The van der Waals surface area contributed by atoms with Crippen molar-refractivity contribution in [3.8, 4) is 17.5 Å². The SMILES string of the molecule is N#Cc1ccc(C(=O)N2CCC(c3nc(-c4ccccc4)no3)CC2)cc1. The minimum atomic E-state index is -0.00607. The number of likely N-dealkylation sites (tertiary alicyclic amines) is 1. The third-order valence-corrected chi connectivity index (χ3v) is 4.87. The van der Waals surface area contributed by atoms with Crippen molar-refractivity contribution in [1.29, 1.82) is 5.26 Å².